The number of rotatable bonds is 4. The first kappa shape index (κ1) is 18.1. The van der Waals surface area contributed by atoms with Gasteiger partial charge in [0.05, 0.1) is 5.02 Å². The van der Waals surface area contributed by atoms with Crippen LogP contribution in [0.25, 0.3) is 0 Å². The van der Waals surface area contributed by atoms with E-state index in [-0.39, 0.29) is 12.0 Å². The van der Waals surface area contributed by atoms with Crippen molar-refractivity contribution in [1.29, 1.82) is 0 Å². The summed E-state index contributed by atoms with van der Waals surface area (Å²) in [5.41, 5.74) is 0.740. The van der Waals surface area contributed by atoms with Gasteiger partial charge in [0.25, 0.3) is 5.91 Å². The second-order valence-corrected chi connectivity index (χ2v) is 7.54. The van der Waals surface area contributed by atoms with Crippen LogP contribution in [0.15, 0.2) is 42.6 Å². The zero-order chi connectivity index (χ0) is 18.6. The smallest absolute Gasteiger partial charge is 0.253 e. The molecule has 5 nitrogen and oxygen atoms in total. The van der Waals surface area contributed by atoms with Crippen molar-refractivity contribution in [1.82, 2.24) is 9.88 Å². The molecule has 0 radical (unpaired) electrons. The summed E-state index contributed by atoms with van der Waals surface area (Å²) in [6.45, 7) is 3.48. The van der Waals surface area contributed by atoms with Crippen molar-refractivity contribution in [2.75, 3.05) is 31.1 Å². The minimum absolute atomic E-state index is 0.125. The van der Waals surface area contributed by atoms with Crippen LogP contribution in [0.1, 0.15) is 36.0 Å². The number of nitrogens with zero attached hydrogens (tertiary/aromatic N) is 3. The Kier molecular flexibility index (Phi) is 5.48. The molecule has 2 fully saturated rings. The first-order chi connectivity index (χ1) is 13.2. The number of ether oxygens (including phenoxy) is 1. The van der Waals surface area contributed by atoms with Crippen LogP contribution in [0.3, 0.4) is 0 Å². The molecule has 0 aliphatic carbocycles. The van der Waals surface area contributed by atoms with Gasteiger partial charge < -0.3 is 14.5 Å². The van der Waals surface area contributed by atoms with Crippen molar-refractivity contribution in [3.05, 3.63) is 53.2 Å². The largest absolute Gasteiger partial charge is 0.490 e. The molecule has 1 aromatic heterocycles. The van der Waals surface area contributed by atoms with Crippen molar-refractivity contribution in [3.8, 4) is 5.75 Å². The average Bonchev–Trinajstić information content (AvgIpc) is 3.24. The predicted molar refractivity (Wildman–Crippen MR) is 107 cm³/mol. The fourth-order valence-corrected chi connectivity index (χ4v) is 4.01. The minimum Gasteiger partial charge on any atom is -0.490 e. The fourth-order valence-electron chi connectivity index (χ4n) is 3.77. The van der Waals surface area contributed by atoms with Crippen LogP contribution in [0.4, 0.5) is 5.82 Å². The summed E-state index contributed by atoms with van der Waals surface area (Å²) in [6.07, 6.45) is 5.99. The normalized spacial score (nSPS) is 18.0. The highest BCUT2D eigenvalue weighted by Crippen LogP contribution is 2.27. The van der Waals surface area contributed by atoms with Crippen LogP contribution < -0.4 is 9.64 Å². The van der Waals surface area contributed by atoms with Crippen LogP contribution in [-0.2, 0) is 0 Å². The second-order valence-electron chi connectivity index (χ2n) is 7.14. The topological polar surface area (TPSA) is 45.7 Å². The van der Waals surface area contributed by atoms with Gasteiger partial charge >= 0.3 is 0 Å². The van der Waals surface area contributed by atoms with Gasteiger partial charge in [-0.1, -0.05) is 11.6 Å². The monoisotopic (exact) mass is 385 g/mol. The highest BCUT2D eigenvalue weighted by Gasteiger charge is 2.23. The summed E-state index contributed by atoms with van der Waals surface area (Å²) in [5.74, 6) is 1.80. The molecular formula is C21H24ClN3O2. The Morgan fingerprint density at radius 3 is 2.41 bits per heavy atom. The van der Waals surface area contributed by atoms with E-state index in [9.17, 15) is 4.79 Å². The molecule has 27 heavy (non-hydrogen) atoms. The third-order valence-corrected chi connectivity index (χ3v) is 5.57. The third kappa shape index (κ3) is 4.19. The number of likely N-dealkylation sites (tertiary alicyclic amines) is 1. The second kappa shape index (κ2) is 8.17. The lowest BCUT2D eigenvalue weighted by Crippen LogP contribution is -2.38. The molecule has 0 atom stereocenters. The zero-order valence-electron chi connectivity index (χ0n) is 15.3. The maximum absolute atomic E-state index is 12.4. The number of hydrogen-bond acceptors (Lipinski definition) is 4. The van der Waals surface area contributed by atoms with E-state index in [1.807, 2.05) is 41.3 Å². The van der Waals surface area contributed by atoms with E-state index in [4.69, 9.17) is 16.3 Å². The van der Waals surface area contributed by atoms with Crippen LogP contribution in [0, 0.1) is 0 Å². The zero-order valence-corrected chi connectivity index (χ0v) is 16.1. The summed E-state index contributed by atoms with van der Waals surface area (Å²) in [7, 11) is 0. The molecule has 0 unspecified atom stereocenters. The lowest BCUT2D eigenvalue weighted by Gasteiger charge is -2.33. The SMILES string of the molecule is O=C(c1ccc(OC2CCN(c3ncccc3Cl)CC2)cc1)N1CCCC1. The molecule has 4 rings (SSSR count). The van der Waals surface area contributed by atoms with Gasteiger partial charge in [0.15, 0.2) is 0 Å². The summed E-state index contributed by atoms with van der Waals surface area (Å²) in [4.78, 5) is 20.9. The van der Waals surface area contributed by atoms with E-state index >= 15 is 0 Å². The molecule has 6 heteroatoms. The Bertz CT molecular complexity index is 782. The highest BCUT2D eigenvalue weighted by molar-refractivity contribution is 6.32. The van der Waals surface area contributed by atoms with E-state index < -0.39 is 0 Å². The Labute approximate surface area is 164 Å². The molecule has 2 aliphatic heterocycles. The lowest BCUT2D eigenvalue weighted by atomic mass is 10.1. The lowest BCUT2D eigenvalue weighted by molar-refractivity contribution is 0.0792. The number of halogens is 1. The van der Waals surface area contributed by atoms with Gasteiger partial charge in [-0.15, -0.1) is 0 Å². The molecule has 1 amide bonds. The maximum atomic E-state index is 12.4. The fraction of sp³-hybridized carbons (Fsp3) is 0.429. The standard InChI is InChI=1S/C21H24ClN3O2/c22-19-4-3-11-23-20(19)24-14-9-18(10-15-24)27-17-7-5-16(6-8-17)21(26)25-12-1-2-13-25/h3-8,11,18H,1-2,9-10,12-15H2. The number of amides is 1. The summed E-state index contributed by atoms with van der Waals surface area (Å²) in [6, 6.07) is 11.3. The Balaban J connectivity index is 1.31. The highest BCUT2D eigenvalue weighted by atomic mass is 35.5. The van der Waals surface area contributed by atoms with E-state index in [0.717, 1.165) is 69.0 Å². The van der Waals surface area contributed by atoms with Crippen LogP contribution >= 0.6 is 11.6 Å². The van der Waals surface area contributed by atoms with E-state index in [0.29, 0.717) is 5.02 Å². The van der Waals surface area contributed by atoms with Gasteiger partial charge in [-0.25, -0.2) is 4.98 Å². The van der Waals surface area contributed by atoms with Crippen LogP contribution in [-0.4, -0.2) is 48.1 Å². The van der Waals surface area contributed by atoms with E-state index in [1.54, 1.807) is 6.20 Å². The first-order valence-corrected chi connectivity index (χ1v) is 10.00. The van der Waals surface area contributed by atoms with Gasteiger partial charge in [0.2, 0.25) is 0 Å². The molecule has 142 valence electrons. The molecule has 0 saturated carbocycles. The average molecular weight is 386 g/mol. The van der Waals surface area contributed by atoms with Gasteiger partial charge in [-0.3, -0.25) is 4.79 Å². The Morgan fingerprint density at radius 2 is 1.74 bits per heavy atom. The van der Waals surface area contributed by atoms with Crippen molar-refractivity contribution < 1.29 is 9.53 Å². The summed E-state index contributed by atoms with van der Waals surface area (Å²) >= 11 is 6.24. The third-order valence-electron chi connectivity index (χ3n) is 5.28. The molecule has 1 aromatic carbocycles. The number of benzene rings is 1. The van der Waals surface area contributed by atoms with Crippen molar-refractivity contribution in [3.63, 3.8) is 0 Å². The van der Waals surface area contributed by atoms with E-state index in [2.05, 4.69) is 9.88 Å². The van der Waals surface area contributed by atoms with Gasteiger partial charge in [-0.05, 0) is 49.2 Å². The number of anilines is 1. The van der Waals surface area contributed by atoms with Gasteiger partial charge in [0, 0.05) is 50.8 Å². The molecule has 2 aliphatic rings. The minimum atomic E-state index is 0.125. The quantitative estimate of drug-likeness (QED) is 0.797. The molecule has 3 heterocycles. The molecule has 0 spiro atoms. The number of pyridine rings is 1. The number of carbonyl (C=O) groups is 1. The van der Waals surface area contributed by atoms with E-state index in [1.165, 1.54) is 0 Å². The maximum Gasteiger partial charge on any atom is 0.253 e. The first-order valence-electron chi connectivity index (χ1n) is 9.62. The van der Waals surface area contributed by atoms with Crippen LogP contribution in [0.5, 0.6) is 5.75 Å². The Morgan fingerprint density at radius 1 is 1.04 bits per heavy atom. The van der Waals surface area contributed by atoms with Crippen molar-refractivity contribution >= 4 is 23.3 Å². The summed E-state index contributed by atoms with van der Waals surface area (Å²) < 4.78 is 6.12. The van der Waals surface area contributed by atoms with Crippen LogP contribution in [0.2, 0.25) is 5.02 Å². The number of hydrogen-bond donors (Lipinski definition) is 0. The number of aromatic nitrogens is 1. The van der Waals surface area contributed by atoms with Crippen molar-refractivity contribution in [2.24, 2.45) is 0 Å². The van der Waals surface area contributed by atoms with Gasteiger partial charge in [-0.2, -0.15) is 0 Å². The Hall–Kier alpha value is -2.27. The number of carbonyl (C=O) groups excluding carboxylic acids is 1. The molecule has 0 bridgehead atoms. The molecule has 2 saturated heterocycles. The number of piperidine rings is 1. The van der Waals surface area contributed by atoms with Gasteiger partial charge in [0.1, 0.15) is 17.7 Å². The predicted octanol–water partition coefficient (Wildman–Crippen LogP) is 4.02. The molecule has 2 aromatic rings. The molecular weight excluding hydrogens is 362 g/mol. The summed E-state index contributed by atoms with van der Waals surface area (Å²) in [5, 5.41) is 0.690. The van der Waals surface area contributed by atoms with Crippen molar-refractivity contribution in [2.45, 2.75) is 31.8 Å². The molecule has 0 N–H and O–H groups in total.